The van der Waals surface area contributed by atoms with Crippen LogP contribution in [0.15, 0.2) is 30.4 Å². The zero-order chi connectivity index (χ0) is 21.3. The lowest BCUT2D eigenvalue weighted by Gasteiger charge is -2.10. The van der Waals surface area contributed by atoms with Gasteiger partial charge in [0.25, 0.3) is 5.91 Å². The van der Waals surface area contributed by atoms with Crippen molar-refractivity contribution in [3.63, 3.8) is 0 Å². The molecule has 0 fully saturated rings. The minimum absolute atomic E-state index is 0.279. The summed E-state index contributed by atoms with van der Waals surface area (Å²) >= 11 is 0. The first kappa shape index (κ1) is 24.3. The quantitative estimate of drug-likeness (QED) is 0.287. The number of benzene rings is 1. The first-order valence-corrected chi connectivity index (χ1v) is 9.40. The van der Waals surface area contributed by atoms with Crippen molar-refractivity contribution in [3.8, 4) is 6.07 Å². The first-order valence-electron chi connectivity index (χ1n) is 9.40. The van der Waals surface area contributed by atoms with Gasteiger partial charge in [-0.05, 0) is 37.1 Å². The number of carbonyl (C=O) groups is 2. The van der Waals surface area contributed by atoms with Gasteiger partial charge in [0.15, 0.2) is 0 Å². The number of hydrogen-bond acceptors (Lipinski definition) is 7. The average molecular weight is 404 g/mol. The van der Waals surface area contributed by atoms with Gasteiger partial charge in [-0.2, -0.15) is 5.26 Å². The summed E-state index contributed by atoms with van der Waals surface area (Å²) in [6.07, 6.45) is 3.43. The Morgan fingerprint density at radius 1 is 1.03 bits per heavy atom. The Morgan fingerprint density at radius 3 is 2.34 bits per heavy atom. The molecule has 0 spiro atoms. The van der Waals surface area contributed by atoms with Crippen molar-refractivity contribution in [2.45, 2.75) is 13.3 Å². The van der Waals surface area contributed by atoms with Crippen molar-refractivity contribution in [1.82, 2.24) is 5.32 Å². The molecule has 0 aliphatic rings. The number of hydrogen-bond donors (Lipinski definition) is 1. The summed E-state index contributed by atoms with van der Waals surface area (Å²) in [6.45, 7) is 5.23. The summed E-state index contributed by atoms with van der Waals surface area (Å²) in [4.78, 5) is 24.2. The highest BCUT2D eigenvalue weighted by Gasteiger charge is 2.13. The summed E-state index contributed by atoms with van der Waals surface area (Å²) in [5.41, 5.74) is 1.35. The van der Waals surface area contributed by atoms with Crippen LogP contribution < -0.4 is 5.32 Å². The standard InChI is InChI=1S/C21H28N2O6/c1-3-27-10-11-29-13-12-28-9-8-23-20(24)18-14-17(6-4-5-7-22)15-19(16-18)21(25)26-2/h4-5,14-16H,3,6,8-13H2,1-2H3,(H,23,24)/b5-4+. The van der Waals surface area contributed by atoms with E-state index in [-0.39, 0.29) is 11.5 Å². The van der Waals surface area contributed by atoms with Crippen LogP contribution in [0.2, 0.25) is 0 Å². The normalized spacial score (nSPS) is 10.7. The number of amides is 1. The average Bonchev–Trinajstić information content (AvgIpc) is 2.74. The number of allylic oxidation sites excluding steroid dienone is 2. The molecule has 1 N–H and O–H groups in total. The van der Waals surface area contributed by atoms with Crippen LogP contribution in [0, 0.1) is 11.3 Å². The Morgan fingerprint density at radius 2 is 1.69 bits per heavy atom. The molecule has 8 heteroatoms. The number of methoxy groups -OCH3 is 1. The van der Waals surface area contributed by atoms with Gasteiger partial charge >= 0.3 is 5.97 Å². The van der Waals surface area contributed by atoms with E-state index in [1.54, 1.807) is 18.2 Å². The maximum atomic E-state index is 12.4. The fraction of sp³-hybridized carbons (Fsp3) is 0.476. The molecule has 29 heavy (non-hydrogen) atoms. The topological polar surface area (TPSA) is 107 Å². The number of carbonyl (C=O) groups excluding carboxylic acids is 2. The summed E-state index contributed by atoms with van der Waals surface area (Å²) in [6, 6.07) is 6.70. The minimum Gasteiger partial charge on any atom is -0.465 e. The third-order valence-corrected chi connectivity index (χ3v) is 3.70. The summed E-state index contributed by atoms with van der Waals surface area (Å²) in [5, 5.41) is 11.3. The molecule has 0 atom stereocenters. The van der Waals surface area contributed by atoms with E-state index in [2.05, 4.69) is 5.32 Å². The van der Waals surface area contributed by atoms with Crippen molar-refractivity contribution < 1.29 is 28.5 Å². The molecule has 0 saturated carbocycles. The lowest BCUT2D eigenvalue weighted by molar-refractivity contribution is 0.0175. The Labute approximate surface area is 171 Å². The lowest BCUT2D eigenvalue weighted by Crippen LogP contribution is -2.28. The smallest absolute Gasteiger partial charge is 0.337 e. The fourth-order valence-corrected chi connectivity index (χ4v) is 2.35. The van der Waals surface area contributed by atoms with Crippen molar-refractivity contribution in [3.05, 3.63) is 47.0 Å². The molecule has 1 aromatic carbocycles. The molecule has 8 nitrogen and oxygen atoms in total. The highest BCUT2D eigenvalue weighted by atomic mass is 16.5. The Hall–Kier alpha value is -2.73. The van der Waals surface area contributed by atoms with E-state index in [4.69, 9.17) is 24.2 Å². The third-order valence-electron chi connectivity index (χ3n) is 3.70. The lowest BCUT2D eigenvalue weighted by atomic mass is 10.0. The van der Waals surface area contributed by atoms with Gasteiger partial charge in [0, 0.05) is 24.8 Å². The summed E-state index contributed by atoms with van der Waals surface area (Å²) < 4.78 is 20.6. The Kier molecular flexibility index (Phi) is 12.8. The predicted octanol–water partition coefficient (Wildman–Crippen LogP) is 1.89. The van der Waals surface area contributed by atoms with Gasteiger partial charge in [-0.25, -0.2) is 4.79 Å². The van der Waals surface area contributed by atoms with Crippen molar-refractivity contribution in [1.29, 1.82) is 5.26 Å². The molecule has 1 amide bonds. The van der Waals surface area contributed by atoms with Crippen LogP contribution in [-0.4, -0.2) is 65.2 Å². The number of rotatable bonds is 14. The largest absolute Gasteiger partial charge is 0.465 e. The van der Waals surface area contributed by atoms with Gasteiger partial charge in [-0.1, -0.05) is 6.08 Å². The Bertz CT molecular complexity index is 712. The monoisotopic (exact) mass is 404 g/mol. The molecule has 0 aromatic heterocycles. The van der Waals surface area contributed by atoms with Crippen LogP contribution in [-0.2, 0) is 25.4 Å². The summed E-state index contributed by atoms with van der Waals surface area (Å²) in [5.74, 6) is -0.851. The van der Waals surface area contributed by atoms with E-state index < -0.39 is 5.97 Å². The molecule has 0 unspecified atom stereocenters. The van der Waals surface area contributed by atoms with E-state index in [0.29, 0.717) is 58.2 Å². The van der Waals surface area contributed by atoms with E-state index in [9.17, 15) is 9.59 Å². The predicted molar refractivity (Wildman–Crippen MR) is 107 cm³/mol. The second kappa shape index (κ2) is 15.2. The molecular weight excluding hydrogens is 376 g/mol. The first-order chi connectivity index (χ1) is 14.1. The molecule has 0 saturated heterocycles. The van der Waals surface area contributed by atoms with Crippen LogP contribution in [0.5, 0.6) is 0 Å². The van der Waals surface area contributed by atoms with Gasteiger partial charge < -0.3 is 24.3 Å². The van der Waals surface area contributed by atoms with Crippen molar-refractivity contribution >= 4 is 11.9 Å². The van der Waals surface area contributed by atoms with E-state index in [1.165, 1.54) is 19.3 Å². The Balaban J connectivity index is 2.47. The van der Waals surface area contributed by atoms with E-state index in [0.717, 1.165) is 5.56 Å². The molecule has 158 valence electrons. The molecule has 0 heterocycles. The number of ether oxygens (including phenoxy) is 4. The molecule has 0 aliphatic heterocycles. The van der Waals surface area contributed by atoms with Crippen LogP contribution >= 0.6 is 0 Å². The van der Waals surface area contributed by atoms with Crippen LogP contribution in [0.3, 0.4) is 0 Å². The molecule has 1 rings (SSSR count). The number of nitrogens with one attached hydrogen (secondary N) is 1. The van der Waals surface area contributed by atoms with E-state index in [1.807, 2.05) is 13.0 Å². The van der Waals surface area contributed by atoms with Crippen molar-refractivity contribution in [2.24, 2.45) is 0 Å². The van der Waals surface area contributed by atoms with Gasteiger partial charge in [0.05, 0.1) is 51.8 Å². The highest BCUT2D eigenvalue weighted by Crippen LogP contribution is 2.13. The van der Waals surface area contributed by atoms with Crippen molar-refractivity contribution in [2.75, 3.05) is 53.3 Å². The second-order valence-electron chi connectivity index (χ2n) is 5.82. The molecule has 1 aromatic rings. The number of nitrogens with zero attached hydrogens (tertiary/aromatic N) is 1. The molecule has 0 bridgehead atoms. The van der Waals surface area contributed by atoms with Crippen LogP contribution in [0.25, 0.3) is 0 Å². The summed E-state index contributed by atoms with van der Waals surface area (Å²) in [7, 11) is 1.28. The SMILES string of the molecule is CCOCCOCCOCCNC(=O)c1cc(C/C=C/C#N)cc(C(=O)OC)c1. The highest BCUT2D eigenvalue weighted by molar-refractivity contribution is 5.98. The van der Waals surface area contributed by atoms with Crippen LogP contribution in [0.4, 0.5) is 0 Å². The van der Waals surface area contributed by atoms with Gasteiger partial charge in [-0.3, -0.25) is 4.79 Å². The maximum absolute atomic E-state index is 12.4. The van der Waals surface area contributed by atoms with Gasteiger partial charge in [-0.15, -0.1) is 0 Å². The number of esters is 1. The molecule has 0 aliphatic carbocycles. The molecule has 0 radical (unpaired) electrons. The second-order valence-corrected chi connectivity index (χ2v) is 5.82. The third kappa shape index (κ3) is 10.4. The van der Waals surface area contributed by atoms with Gasteiger partial charge in [0.1, 0.15) is 0 Å². The fourth-order valence-electron chi connectivity index (χ4n) is 2.35. The zero-order valence-corrected chi connectivity index (χ0v) is 16.9. The van der Waals surface area contributed by atoms with E-state index >= 15 is 0 Å². The maximum Gasteiger partial charge on any atom is 0.337 e. The number of nitriles is 1. The minimum atomic E-state index is -0.530. The molecular formula is C21H28N2O6. The van der Waals surface area contributed by atoms with Crippen LogP contribution in [0.1, 0.15) is 33.2 Å². The van der Waals surface area contributed by atoms with Gasteiger partial charge in [0.2, 0.25) is 0 Å². The zero-order valence-electron chi connectivity index (χ0n) is 16.9.